The minimum absolute atomic E-state index is 0.178. The van der Waals surface area contributed by atoms with Gasteiger partial charge in [0.2, 0.25) is 0 Å². The fourth-order valence-electron chi connectivity index (χ4n) is 1.75. The zero-order valence-electron chi connectivity index (χ0n) is 14.8. The molecule has 0 radical (unpaired) electrons. The van der Waals surface area contributed by atoms with Crippen molar-refractivity contribution < 1.29 is 33.7 Å². The molecule has 28 heavy (non-hydrogen) atoms. The Bertz CT molecular complexity index is 817. The van der Waals surface area contributed by atoms with Gasteiger partial charge in [-0.2, -0.15) is 0 Å². The number of ether oxygens (including phenoxy) is 1. The van der Waals surface area contributed by atoms with Crippen molar-refractivity contribution in [3.05, 3.63) is 47.8 Å². The number of aromatic nitrogens is 1. The number of hydrogen-bond donors (Lipinski definition) is 5. The summed E-state index contributed by atoms with van der Waals surface area (Å²) in [5.74, 6) is -3.20. The van der Waals surface area contributed by atoms with E-state index in [1.807, 2.05) is 0 Å². The second-order valence-electron chi connectivity index (χ2n) is 5.07. The van der Waals surface area contributed by atoms with Gasteiger partial charge in [0.25, 0.3) is 0 Å². The van der Waals surface area contributed by atoms with Crippen LogP contribution in [0.25, 0.3) is 0 Å². The van der Waals surface area contributed by atoms with Crippen molar-refractivity contribution in [2.75, 3.05) is 23.0 Å². The summed E-state index contributed by atoms with van der Waals surface area (Å²) < 4.78 is 17.6. The monoisotopic (exact) mass is 394 g/mol. The number of nitrogen functional groups attached to an aromatic ring is 1. The van der Waals surface area contributed by atoms with Crippen LogP contribution in [0.4, 0.5) is 26.5 Å². The highest BCUT2D eigenvalue weighted by Gasteiger charge is 2.07. The van der Waals surface area contributed by atoms with Crippen molar-refractivity contribution in [2.24, 2.45) is 0 Å². The number of carboxylic acids is 2. The number of halogens is 1. The number of benzene rings is 1. The first-order chi connectivity index (χ1) is 13.2. The van der Waals surface area contributed by atoms with E-state index >= 15 is 0 Å². The van der Waals surface area contributed by atoms with Crippen molar-refractivity contribution >= 4 is 35.4 Å². The average Bonchev–Trinajstić information content (AvgIpc) is 2.64. The Morgan fingerprint density at radius 1 is 1.11 bits per heavy atom. The third-order valence-electron chi connectivity index (χ3n) is 3.01. The summed E-state index contributed by atoms with van der Waals surface area (Å²) in [7, 11) is 0. The van der Waals surface area contributed by atoms with Gasteiger partial charge in [0.15, 0.2) is 0 Å². The molecule has 0 aliphatic rings. The normalized spacial score (nSPS) is 9.50. The van der Waals surface area contributed by atoms with Gasteiger partial charge < -0.3 is 26.0 Å². The van der Waals surface area contributed by atoms with Crippen molar-refractivity contribution in [1.29, 1.82) is 0 Å². The number of nitrogens with zero attached hydrogens (tertiary/aromatic N) is 1. The maximum atomic E-state index is 12.8. The summed E-state index contributed by atoms with van der Waals surface area (Å²) in [5.41, 5.74) is 7.08. The quantitative estimate of drug-likeness (QED) is 0.478. The van der Waals surface area contributed by atoms with Crippen LogP contribution in [0.5, 0.6) is 0 Å². The Labute approximate surface area is 159 Å². The van der Waals surface area contributed by atoms with E-state index in [2.05, 4.69) is 15.6 Å². The van der Waals surface area contributed by atoms with E-state index in [4.69, 9.17) is 30.3 Å². The van der Waals surface area contributed by atoms with Crippen molar-refractivity contribution in [3.8, 4) is 0 Å². The van der Waals surface area contributed by atoms with Gasteiger partial charge in [0, 0.05) is 6.54 Å². The molecular formula is C17H19FN4O6. The predicted molar refractivity (Wildman–Crippen MR) is 98.3 cm³/mol. The van der Waals surface area contributed by atoms with Gasteiger partial charge in [-0.1, -0.05) is 12.1 Å². The molecule has 0 aliphatic carbocycles. The summed E-state index contributed by atoms with van der Waals surface area (Å²) in [6.45, 7) is 2.47. The van der Waals surface area contributed by atoms with Gasteiger partial charge in [-0.3, -0.25) is 5.32 Å². The molecule has 2 aromatic rings. The number of hydrogen-bond acceptors (Lipinski definition) is 7. The molecule has 0 spiro atoms. The number of carboxylic acid groups (broad SMARTS) is 2. The molecule has 0 fully saturated rings. The van der Waals surface area contributed by atoms with E-state index in [0.29, 0.717) is 18.1 Å². The lowest BCUT2D eigenvalue weighted by Crippen LogP contribution is -2.15. The standard InChI is InChI=1S/C15H17FN4O2.C2H2O4/c1-2-22-15(21)19-12-7-8-13(20-14(12)17)18-9-10-3-5-11(16)6-4-10;3-1(4)2(5)6/h3-8H,2,9H2,1H3,(H,19,21)(H3,17,18,20);(H,3,4)(H,5,6). The van der Waals surface area contributed by atoms with Crippen LogP contribution in [0.15, 0.2) is 36.4 Å². The fourth-order valence-corrected chi connectivity index (χ4v) is 1.75. The molecule has 2 rings (SSSR count). The number of carbonyl (C=O) groups excluding carboxylic acids is 1. The van der Waals surface area contributed by atoms with Gasteiger partial charge in [0.05, 0.1) is 12.3 Å². The average molecular weight is 394 g/mol. The summed E-state index contributed by atoms with van der Waals surface area (Å²) in [6.07, 6.45) is -0.581. The van der Waals surface area contributed by atoms with Gasteiger partial charge in [-0.05, 0) is 36.8 Å². The topological polar surface area (TPSA) is 164 Å². The van der Waals surface area contributed by atoms with Crippen LogP contribution in [0, 0.1) is 5.82 Å². The molecule has 0 atom stereocenters. The molecule has 10 nitrogen and oxygen atoms in total. The van der Waals surface area contributed by atoms with E-state index in [1.165, 1.54) is 12.1 Å². The lowest BCUT2D eigenvalue weighted by atomic mass is 10.2. The lowest BCUT2D eigenvalue weighted by molar-refractivity contribution is -0.159. The van der Waals surface area contributed by atoms with E-state index < -0.39 is 18.0 Å². The summed E-state index contributed by atoms with van der Waals surface area (Å²) in [4.78, 5) is 33.7. The maximum absolute atomic E-state index is 12.8. The van der Waals surface area contributed by atoms with Crippen LogP contribution in [0.2, 0.25) is 0 Å². The minimum atomic E-state index is -1.82. The molecule has 11 heteroatoms. The van der Waals surface area contributed by atoms with Crippen LogP contribution in [0.3, 0.4) is 0 Å². The minimum Gasteiger partial charge on any atom is -0.473 e. The highest BCUT2D eigenvalue weighted by molar-refractivity contribution is 6.27. The van der Waals surface area contributed by atoms with Crippen LogP contribution in [0.1, 0.15) is 12.5 Å². The number of nitrogens with two attached hydrogens (primary N) is 1. The van der Waals surface area contributed by atoms with Crippen LogP contribution < -0.4 is 16.4 Å². The fraction of sp³-hybridized carbons (Fsp3) is 0.176. The molecule has 1 heterocycles. The molecule has 0 bridgehead atoms. The number of aliphatic carboxylic acids is 2. The highest BCUT2D eigenvalue weighted by Crippen LogP contribution is 2.19. The number of rotatable bonds is 5. The van der Waals surface area contributed by atoms with Crippen molar-refractivity contribution in [3.63, 3.8) is 0 Å². The highest BCUT2D eigenvalue weighted by atomic mass is 19.1. The largest absolute Gasteiger partial charge is 0.473 e. The van der Waals surface area contributed by atoms with E-state index in [-0.39, 0.29) is 18.2 Å². The summed E-state index contributed by atoms with van der Waals surface area (Å²) in [5, 5.41) is 20.4. The molecule has 1 amide bonds. The molecule has 1 aromatic heterocycles. The number of nitrogens with one attached hydrogen (secondary N) is 2. The Morgan fingerprint density at radius 2 is 1.71 bits per heavy atom. The number of amides is 1. The van der Waals surface area contributed by atoms with Crippen LogP contribution >= 0.6 is 0 Å². The van der Waals surface area contributed by atoms with E-state index in [0.717, 1.165) is 5.56 Å². The summed E-state index contributed by atoms with van der Waals surface area (Å²) in [6, 6.07) is 9.47. The number of carbonyl (C=O) groups is 3. The molecule has 0 unspecified atom stereocenters. The van der Waals surface area contributed by atoms with Crippen molar-refractivity contribution in [1.82, 2.24) is 4.98 Å². The molecule has 0 saturated carbocycles. The van der Waals surface area contributed by atoms with E-state index in [9.17, 15) is 9.18 Å². The number of anilines is 3. The Kier molecular flexibility index (Phi) is 8.67. The SMILES string of the molecule is CCOC(=O)Nc1ccc(NCc2ccc(F)cc2)nc1N.O=C(O)C(=O)O. The Balaban J connectivity index is 0.000000568. The molecular weight excluding hydrogens is 375 g/mol. The molecule has 0 aliphatic heterocycles. The van der Waals surface area contributed by atoms with Crippen LogP contribution in [-0.2, 0) is 20.9 Å². The predicted octanol–water partition coefficient (Wildman–Crippen LogP) is 2.14. The first-order valence-electron chi connectivity index (χ1n) is 7.87. The van der Waals surface area contributed by atoms with Crippen LogP contribution in [-0.4, -0.2) is 39.8 Å². The smallest absolute Gasteiger partial charge is 0.414 e. The first kappa shape index (κ1) is 22.2. The van der Waals surface area contributed by atoms with Gasteiger partial charge >= 0.3 is 18.0 Å². The third kappa shape index (κ3) is 7.99. The Morgan fingerprint density at radius 3 is 2.21 bits per heavy atom. The first-order valence-corrected chi connectivity index (χ1v) is 7.87. The maximum Gasteiger partial charge on any atom is 0.414 e. The van der Waals surface area contributed by atoms with E-state index in [1.54, 1.807) is 31.2 Å². The lowest BCUT2D eigenvalue weighted by Gasteiger charge is -2.10. The summed E-state index contributed by atoms with van der Waals surface area (Å²) >= 11 is 0. The van der Waals surface area contributed by atoms with Crippen molar-refractivity contribution in [2.45, 2.75) is 13.5 Å². The van der Waals surface area contributed by atoms with Gasteiger partial charge in [0.1, 0.15) is 17.5 Å². The molecule has 150 valence electrons. The second-order valence-corrected chi connectivity index (χ2v) is 5.07. The zero-order valence-corrected chi connectivity index (χ0v) is 14.8. The molecule has 0 saturated heterocycles. The molecule has 1 aromatic carbocycles. The Hall–Kier alpha value is -3.89. The second kappa shape index (κ2) is 11.0. The third-order valence-corrected chi connectivity index (χ3v) is 3.01. The van der Waals surface area contributed by atoms with Gasteiger partial charge in [-0.15, -0.1) is 0 Å². The molecule has 6 N–H and O–H groups in total. The zero-order chi connectivity index (χ0) is 21.1. The number of pyridine rings is 1. The van der Waals surface area contributed by atoms with Gasteiger partial charge in [-0.25, -0.2) is 23.8 Å².